The van der Waals surface area contributed by atoms with Crippen LogP contribution in [0.15, 0.2) is 6.33 Å². The Balaban J connectivity index is 1.93. The molecule has 1 saturated heterocycles. The molecule has 3 amide bonds. The summed E-state index contributed by atoms with van der Waals surface area (Å²) in [7, 11) is 0. The van der Waals surface area contributed by atoms with Crippen molar-refractivity contribution in [2.45, 2.75) is 64.6 Å². The van der Waals surface area contributed by atoms with Gasteiger partial charge in [-0.3, -0.25) is 4.79 Å². The molecule has 1 aliphatic heterocycles. The molecule has 0 spiro atoms. The van der Waals surface area contributed by atoms with Gasteiger partial charge >= 0.3 is 6.03 Å². The van der Waals surface area contributed by atoms with Crippen LogP contribution >= 0.6 is 0 Å². The summed E-state index contributed by atoms with van der Waals surface area (Å²) in [5.74, 6) is -0.0254. The van der Waals surface area contributed by atoms with E-state index in [0.29, 0.717) is 6.42 Å². The maximum absolute atomic E-state index is 12.6. The molecule has 0 bridgehead atoms. The molecule has 7 heteroatoms. The van der Waals surface area contributed by atoms with Crippen LogP contribution in [0.4, 0.5) is 10.7 Å². The first-order valence-corrected chi connectivity index (χ1v) is 7.43. The van der Waals surface area contributed by atoms with Gasteiger partial charge in [0.25, 0.3) is 11.9 Å². The van der Waals surface area contributed by atoms with E-state index in [9.17, 15) is 9.59 Å². The van der Waals surface area contributed by atoms with Gasteiger partial charge in [-0.2, -0.15) is 9.88 Å². The minimum atomic E-state index is -0.369. The number of urea groups is 1. The van der Waals surface area contributed by atoms with Crippen LogP contribution in [0.1, 0.15) is 47.0 Å². The average molecular weight is 291 g/mol. The second-order valence-electron chi connectivity index (χ2n) is 6.68. The molecular formula is C14H21N5O2. The van der Waals surface area contributed by atoms with Crippen molar-refractivity contribution in [3.05, 3.63) is 6.33 Å². The summed E-state index contributed by atoms with van der Waals surface area (Å²) >= 11 is 0. The summed E-state index contributed by atoms with van der Waals surface area (Å²) in [5.41, 5.74) is -0.239. The van der Waals surface area contributed by atoms with E-state index in [1.807, 2.05) is 27.7 Å². The zero-order valence-corrected chi connectivity index (χ0v) is 12.9. The second-order valence-corrected chi connectivity index (χ2v) is 6.68. The monoisotopic (exact) mass is 291 g/mol. The minimum absolute atomic E-state index is 0.182. The van der Waals surface area contributed by atoms with Gasteiger partial charge in [0.1, 0.15) is 12.4 Å². The number of aromatic nitrogens is 3. The number of carbonyl (C=O) groups excluding carboxylic acids is 2. The van der Waals surface area contributed by atoms with E-state index in [2.05, 4.69) is 10.1 Å². The molecule has 0 N–H and O–H groups in total. The smallest absolute Gasteiger partial charge is 0.309 e. The van der Waals surface area contributed by atoms with Crippen LogP contribution in [-0.4, -0.2) is 43.7 Å². The normalized spacial score (nSPS) is 23.3. The van der Waals surface area contributed by atoms with Gasteiger partial charge < -0.3 is 4.90 Å². The summed E-state index contributed by atoms with van der Waals surface area (Å²) in [6, 6.07) is -0.436. The molecule has 2 fully saturated rings. The SMILES string of the molecule is CCC1C(=O)N(c2ncn(C(C)(C)C)n2)C(=O)N1C1CC1. The first-order valence-electron chi connectivity index (χ1n) is 7.43. The Labute approximate surface area is 123 Å². The molecule has 21 heavy (non-hydrogen) atoms. The van der Waals surface area contributed by atoms with Gasteiger partial charge in [0, 0.05) is 6.04 Å². The molecule has 2 aliphatic rings. The molecule has 1 saturated carbocycles. The van der Waals surface area contributed by atoms with Crippen molar-refractivity contribution in [2.24, 2.45) is 0 Å². The summed E-state index contributed by atoms with van der Waals surface area (Å²) in [6.07, 6.45) is 4.15. The first kappa shape index (κ1) is 14.0. The van der Waals surface area contributed by atoms with Gasteiger partial charge in [0.15, 0.2) is 0 Å². The fraction of sp³-hybridized carbons (Fsp3) is 0.714. The van der Waals surface area contributed by atoms with E-state index in [1.165, 1.54) is 0 Å². The molecule has 2 heterocycles. The van der Waals surface area contributed by atoms with E-state index >= 15 is 0 Å². The number of carbonyl (C=O) groups is 2. The molecule has 0 aromatic carbocycles. The lowest BCUT2D eigenvalue weighted by Gasteiger charge is -2.19. The Kier molecular flexibility index (Phi) is 3.04. The average Bonchev–Trinajstić information content (AvgIpc) is 3.04. The molecule has 1 unspecified atom stereocenters. The topological polar surface area (TPSA) is 71.3 Å². The van der Waals surface area contributed by atoms with Crippen molar-refractivity contribution in [3.8, 4) is 0 Å². The number of hydrogen-bond donors (Lipinski definition) is 0. The first-order chi connectivity index (χ1) is 9.84. The van der Waals surface area contributed by atoms with Crippen LogP contribution in [0.25, 0.3) is 0 Å². The van der Waals surface area contributed by atoms with Crippen LogP contribution < -0.4 is 4.90 Å². The quantitative estimate of drug-likeness (QED) is 0.795. The maximum Gasteiger partial charge on any atom is 0.334 e. The molecule has 1 aromatic heterocycles. The predicted molar refractivity (Wildman–Crippen MR) is 76.8 cm³/mol. The molecule has 7 nitrogen and oxygen atoms in total. The Hall–Kier alpha value is -1.92. The predicted octanol–water partition coefficient (Wildman–Crippen LogP) is 1.74. The van der Waals surface area contributed by atoms with E-state index < -0.39 is 0 Å². The van der Waals surface area contributed by atoms with Crippen molar-refractivity contribution in [3.63, 3.8) is 0 Å². The zero-order valence-electron chi connectivity index (χ0n) is 12.9. The van der Waals surface area contributed by atoms with E-state index in [-0.39, 0.29) is 35.5 Å². The highest BCUT2D eigenvalue weighted by Crippen LogP contribution is 2.35. The highest BCUT2D eigenvalue weighted by atomic mass is 16.2. The Morgan fingerprint density at radius 3 is 2.43 bits per heavy atom. The Morgan fingerprint density at radius 1 is 1.29 bits per heavy atom. The van der Waals surface area contributed by atoms with Crippen LogP contribution in [0.3, 0.4) is 0 Å². The third kappa shape index (κ3) is 2.20. The van der Waals surface area contributed by atoms with Gasteiger partial charge in [0.2, 0.25) is 0 Å². The van der Waals surface area contributed by atoms with Crippen molar-refractivity contribution in [1.82, 2.24) is 19.7 Å². The lowest BCUT2D eigenvalue weighted by atomic mass is 10.1. The summed E-state index contributed by atoms with van der Waals surface area (Å²) in [4.78, 5) is 32.1. The van der Waals surface area contributed by atoms with Crippen LogP contribution in [0, 0.1) is 0 Å². The Morgan fingerprint density at radius 2 is 1.95 bits per heavy atom. The number of anilines is 1. The summed E-state index contributed by atoms with van der Waals surface area (Å²) in [5, 5.41) is 4.31. The summed E-state index contributed by atoms with van der Waals surface area (Å²) < 4.78 is 1.67. The minimum Gasteiger partial charge on any atom is -0.309 e. The second kappa shape index (κ2) is 4.54. The van der Waals surface area contributed by atoms with Crippen molar-refractivity contribution in [1.29, 1.82) is 0 Å². The number of nitrogens with zero attached hydrogens (tertiary/aromatic N) is 5. The fourth-order valence-corrected chi connectivity index (χ4v) is 2.61. The van der Waals surface area contributed by atoms with Crippen molar-refractivity contribution < 1.29 is 9.59 Å². The fourth-order valence-electron chi connectivity index (χ4n) is 2.61. The van der Waals surface area contributed by atoms with Gasteiger partial charge in [-0.15, -0.1) is 5.10 Å². The number of hydrogen-bond acceptors (Lipinski definition) is 4. The lowest BCUT2D eigenvalue weighted by Crippen LogP contribution is -2.36. The molecule has 1 aliphatic carbocycles. The third-order valence-electron chi connectivity index (χ3n) is 3.95. The van der Waals surface area contributed by atoms with Crippen LogP contribution in [0.2, 0.25) is 0 Å². The van der Waals surface area contributed by atoms with Crippen LogP contribution in [0.5, 0.6) is 0 Å². The molecule has 3 rings (SSSR count). The highest BCUT2D eigenvalue weighted by molar-refractivity contribution is 6.20. The highest BCUT2D eigenvalue weighted by Gasteiger charge is 2.51. The van der Waals surface area contributed by atoms with Gasteiger partial charge in [-0.1, -0.05) is 6.92 Å². The largest absolute Gasteiger partial charge is 0.334 e. The van der Waals surface area contributed by atoms with Gasteiger partial charge in [0.05, 0.1) is 5.54 Å². The summed E-state index contributed by atoms with van der Waals surface area (Å²) in [6.45, 7) is 7.90. The zero-order chi connectivity index (χ0) is 15.4. The lowest BCUT2D eigenvalue weighted by molar-refractivity contribution is -0.119. The molecule has 1 atom stereocenters. The molecule has 114 valence electrons. The van der Waals surface area contributed by atoms with E-state index in [0.717, 1.165) is 17.7 Å². The molecule has 1 aromatic rings. The van der Waals surface area contributed by atoms with Crippen LogP contribution in [-0.2, 0) is 10.3 Å². The number of rotatable bonds is 3. The molecular weight excluding hydrogens is 270 g/mol. The number of imide groups is 1. The Bertz CT molecular complexity index is 584. The molecule has 0 radical (unpaired) electrons. The van der Waals surface area contributed by atoms with Crippen molar-refractivity contribution in [2.75, 3.05) is 4.90 Å². The van der Waals surface area contributed by atoms with E-state index in [1.54, 1.807) is 15.9 Å². The van der Waals surface area contributed by atoms with Crippen molar-refractivity contribution >= 4 is 17.9 Å². The van der Waals surface area contributed by atoms with Gasteiger partial charge in [-0.25, -0.2) is 9.48 Å². The number of amides is 3. The van der Waals surface area contributed by atoms with Gasteiger partial charge in [-0.05, 0) is 40.0 Å². The third-order valence-corrected chi connectivity index (χ3v) is 3.95. The standard InChI is InChI=1S/C14H21N5O2/c1-5-10-11(20)19(13(21)18(10)9-6-7-9)12-15-8-17(16-12)14(2,3)4/h8-10H,5-7H2,1-4H3. The maximum atomic E-state index is 12.6. The van der Waals surface area contributed by atoms with E-state index in [4.69, 9.17) is 0 Å².